The van der Waals surface area contributed by atoms with Crippen LogP contribution in [-0.2, 0) is 11.2 Å². The van der Waals surface area contributed by atoms with Crippen molar-refractivity contribution in [2.24, 2.45) is 4.99 Å². The quantitative estimate of drug-likeness (QED) is 0.259. The van der Waals surface area contributed by atoms with Crippen molar-refractivity contribution in [3.63, 3.8) is 0 Å². The van der Waals surface area contributed by atoms with Crippen LogP contribution in [-0.4, -0.2) is 56.0 Å². The minimum absolute atomic E-state index is 0. The summed E-state index contributed by atoms with van der Waals surface area (Å²) in [5, 5.41) is 8.53. The van der Waals surface area contributed by atoms with Gasteiger partial charge in [-0.05, 0) is 18.1 Å². The molecule has 1 aromatic carbocycles. The fraction of sp³-hybridized carbons (Fsp3) is 0.400. The summed E-state index contributed by atoms with van der Waals surface area (Å²) in [6.45, 7) is 1.22. The van der Waals surface area contributed by atoms with Gasteiger partial charge in [-0.25, -0.2) is 9.18 Å². The van der Waals surface area contributed by atoms with Gasteiger partial charge in [-0.3, -0.25) is 14.7 Å². The lowest BCUT2D eigenvalue weighted by Crippen LogP contribution is -2.43. The second-order valence-corrected chi connectivity index (χ2v) is 4.97. The molecule has 7 nitrogen and oxygen atoms in total. The molecule has 0 radical (unpaired) electrons. The van der Waals surface area contributed by atoms with E-state index in [-0.39, 0.29) is 54.8 Å². The summed E-state index contributed by atoms with van der Waals surface area (Å²) < 4.78 is 13.5. The standard InChI is InChI=1S/C15H20FN5O2.HI/c1-17-14(18-7-6-11-4-2-3-5-12(11)16)19-8-9-21-13(22)10-20-15(21)23;/h2-5H,6-10H2,1H3,(H,20,23)(H2,17,18,19);1H. The summed E-state index contributed by atoms with van der Waals surface area (Å²) in [6, 6.07) is 6.25. The van der Waals surface area contributed by atoms with Crippen LogP contribution in [0.25, 0.3) is 0 Å². The fourth-order valence-electron chi connectivity index (χ4n) is 2.21. The van der Waals surface area contributed by atoms with Crippen LogP contribution >= 0.6 is 24.0 Å². The number of benzene rings is 1. The first-order valence-corrected chi connectivity index (χ1v) is 7.38. The number of urea groups is 1. The van der Waals surface area contributed by atoms with E-state index in [1.165, 1.54) is 6.07 Å². The van der Waals surface area contributed by atoms with Crippen molar-refractivity contribution in [3.8, 4) is 0 Å². The van der Waals surface area contributed by atoms with Crippen LogP contribution < -0.4 is 16.0 Å². The molecule has 0 aromatic heterocycles. The molecule has 1 fully saturated rings. The van der Waals surface area contributed by atoms with Gasteiger partial charge in [0.2, 0.25) is 5.91 Å². The second-order valence-electron chi connectivity index (χ2n) is 4.97. The SMILES string of the molecule is CN=C(NCCc1ccccc1F)NCCN1C(=O)CNC1=O.I. The van der Waals surface area contributed by atoms with Gasteiger partial charge >= 0.3 is 6.03 Å². The van der Waals surface area contributed by atoms with Crippen molar-refractivity contribution in [3.05, 3.63) is 35.6 Å². The molecule has 1 aliphatic heterocycles. The molecule has 1 aliphatic rings. The fourth-order valence-corrected chi connectivity index (χ4v) is 2.21. The lowest BCUT2D eigenvalue weighted by Gasteiger charge is -2.15. The number of hydrogen-bond acceptors (Lipinski definition) is 3. The highest BCUT2D eigenvalue weighted by Crippen LogP contribution is 2.06. The number of imide groups is 1. The Balaban J connectivity index is 0.00000288. The molecule has 0 spiro atoms. The van der Waals surface area contributed by atoms with E-state index in [0.29, 0.717) is 31.0 Å². The Kier molecular flexibility index (Phi) is 8.44. The molecule has 0 aliphatic carbocycles. The van der Waals surface area contributed by atoms with Gasteiger partial charge in [0.05, 0.1) is 6.54 Å². The van der Waals surface area contributed by atoms with E-state index in [1.54, 1.807) is 25.2 Å². The van der Waals surface area contributed by atoms with Gasteiger partial charge in [0.15, 0.2) is 5.96 Å². The zero-order valence-corrected chi connectivity index (χ0v) is 15.7. The summed E-state index contributed by atoms with van der Waals surface area (Å²) in [7, 11) is 1.62. The summed E-state index contributed by atoms with van der Waals surface area (Å²) in [6.07, 6.45) is 0.528. The van der Waals surface area contributed by atoms with E-state index in [9.17, 15) is 14.0 Å². The van der Waals surface area contributed by atoms with E-state index in [2.05, 4.69) is 20.9 Å². The van der Waals surface area contributed by atoms with Gasteiger partial charge in [0, 0.05) is 26.7 Å². The Morgan fingerprint density at radius 3 is 2.62 bits per heavy atom. The molecule has 0 atom stereocenters. The molecule has 1 saturated heterocycles. The number of carbonyl (C=O) groups is 2. The number of guanidine groups is 1. The van der Waals surface area contributed by atoms with Crippen LogP contribution in [0.5, 0.6) is 0 Å². The maximum absolute atomic E-state index is 13.5. The highest BCUT2D eigenvalue weighted by Gasteiger charge is 2.27. The van der Waals surface area contributed by atoms with Crippen molar-refractivity contribution in [2.75, 3.05) is 33.2 Å². The van der Waals surface area contributed by atoms with Gasteiger partial charge in [0.1, 0.15) is 5.82 Å². The van der Waals surface area contributed by atoms with E-state index >= 15 is 0 Å². The van der Waals surface area contributed by atoms with Crippen molar-refractivity contribution in [1.82, 2.24) is 20.9 Å². The molecule has 132 valence electrons. The predicted molar refractivity (Wildman–Crippen MR) is 100.0 cm³/mol. The molecule has 0 bridgehead atoms. The molecule has 1 heterocycles. The van der Waals surface area contributed by atoms with Crippen molar-refractivity contribution >= 4 is 41.9 Å². The third kappa shape index (κ3) is 5.62. The lowest BCUT2D eigenvalue weighted by molar-refractivity contribution is -0.124. The molecule has 2 rings (SSSR count). The minimum atomic E-state index is -0.376. The van der Waals surface area contributed by atoms with E-state index < -0.39 is 0 Å². The number of carbonyl (C=O) groups excluding carboxylic acids is 2. The van der Waals surface area contributed by atoms with Crippen LogP contribution in [0, 0.1) is 5.82 Å². The molecule has 0 unspecified atom stereocenters. The lowest BCUT2D eigenvalue weighted by atomic mass is 10.1. The Hall–Kier alpha value is -1.91. The smallest absolute Gasteiger partial charge is 0.324 e. The highest BCUT2D eigenvalue weighted by molar-refractivity contribution is 14.0. The van der Waals surface area contributed by atoms with Crippen LogP contribution in [0.15, 0.2) is 29.3 Å². The zero-order valence-electron chi connectivity index (χ0n) is 13.3. The molecular weight excluding hydrogens is 428 g/mol. The predicted octanol–water partition coefficient (Wildman–Crippen LogP) is 0.703. The number of aliphatic imine (C=N–C) groups is 1. The monoisotopic (exact) mass is 449 g/mol. The summed E-state index contributed by atoms with van der Waals surface area (Å²) in [5.74, 6) is 0.0727. The largest absolute Gasteiger partial charge is 0.356 e. The summed E-state index contributed by atoms with van der Waals surface area (Å²) in [4.78, 5) is 28.0. The topological polar surface area (TPSA) is 85.8 Å². The van der Waals surface area contributed by atoms with Crippen LogP contribution in [0.4, 0.5) is 9.18 Å². The molecule has 1 aromatic rings. The van der Waals surface area contributed by atoms with E-state index in [0.717, 1.165) is 4.90 Å². The zero-order chi connectivity index (χ0) is 16.7. The molecule has 0 saturated carbocycles. The number of rotatable bonds is 6. The van der Waals surface area contributed by atoms with Gasteiger partial charge in [0.25, 0.3) is 0 Å². The molecule has 9 heteroatoms. The van der Waals surface area contributed by atoms with Crippen LogP contribution in [0.2, 0.25) is 0 Å². The van der Waals surface area contributed by atoms with E-state index in [1.807, 2.05) is 0 Å². The Labute approximate surface area is 157 Å². The Bertz CT molecular complexity index is 595. The molecule has 3 N–H and O–H groups in total. The Morgan fingerprint density at radius 2 is 2.00 bits per heavy atom. The first-order valence-electron chi connectivity index (χ1n) is 7.38. The first kappa shape index (κ1) is 20.1. The van der Waals surface area contributed by atoms with Crippen molar-refractivity contribution in [2.45, 2.75) is 6.42 Å². The minimum Gasteiger partial charge on any atom is -0.356 e. The van der Waals surface area contributed by atoms with E-state index in [4.69, 9.17) is 0 Å². The van der Waals surface area contributed by atoms with Gasteiger partial charge in [-0.2, -0.15) is 0 Å². The third-order valence-corrected chi connectivity index (χ3v) is 3.43. The van der Waals surface area contributed by atoms with Gasteiger partial charge < -0.3 is 16.0 Å². The first-order chi connectivity index (χ1) is 11.1. The third-order valence-electron chi connectivity index (χ3n) is 3.43. The van der Waals surface area contributed by atoms with Crippen LogP contribution in [0.3, 0.4) is 0 Å². The number of hydrogen-bond donors (Lipinski definition) is 3. The van der Waals surface area contributed by atoms with Gasteiger partial charge in [-0.15, -0.1) is 24.0 Å². The molecular formula is C15H21FIN5O2. The average molecular weight is 449 g/mol. The second kappa shape index (κ2) is 10.1. The molecule has 24 heavy (non-hydrogen) atoms. The summed E-state index contributed by atoms with van der Waals surface area (Å²) >= 11 is 0. The number of nitrogens with one attached hydrogen (secondary N) is 3. The highest BCUT2D eigenvalue weighted by atomic mass is 127. The number of amides is 3. The average Bonchev–Trinajstić information content (AvgIpc) is 2.86. The normalized spacial score (nSPS) is 14.2. The maximum atomic E-state index is 13.5. The Morgan fingerprint density at radius 1 is 1.29 bits per heavy atom. The number of halogens is 2. The van der Waals surface area contributed by atoms with Crippen molar-refractivity contribution < 1.29 is 14.0 Å². The van der Waals surface area contributed by atoms with Crippen molar-refractivity contribution in [1.29, 1.82) is 0 Å². The van der Waals surface area contributed by atoms with Crippen LogP contribution in [0.1, 0.15) is 5.56 Å². The maximum Gasteiger partial charge on any atom is 0.324 e. The number of nitrogens with zero attached hydrogens (tertiary/aromatic N) is 2. The molecule has 3 amide bonds. The summed E-state index contributed by atoms with van der Waals surface area (Å²) in [5.41, 5.74) is 0.634. The van der Waals surface area contributed by atoms with Gasteiger partial charge in [-0.1, -0.05) is 18.2 Å².